The molecule has 0 saturated carbocycles. The molecule has 2 N–H and O–H groups in total. The molecule has 0 fully saturated rings. The van der Waals surface area contributed by atoms with E-state index in [1.165, 1.54) is 0 Å². The van der Waals surface area contributed by atoms with E-state index in [2.05, 4.69) is 0 Å². The van der Waals surface area contributed by atoms with Crippen LogP contribution >= 0.6 is 0 Å². The van der Waals surface area contributed by atoms with Crippen molar-refractivity contribution in [3.05, 3.63) is 34.6 Å². The predicted octanol–water partition coefficient (Wildman–Crippen LogP) is 3.11. The van der Waals surface area contributed by atoms with Crippen molar-refractivity contribution in [3.63, 3.8) is 0 Å². The average Bonchev–Trinajstić information content (AvgIpc) is 2.13. The van der Waals surface area contributed by atoms with E-state index >= 15 is 0 Å². The molecule has 2 heteroatoms. The van der Waals surface area contributed by atoms with E-state index in [-0.39, 0.29) is 11.9 Å². The van der Waals surface area contributed by atoms with Crippen LogP contribution in [0.25, 0.3) is 0 Å². The highest BCUT2D eigenvalue weighted by molar-refractivity contribution is 5.31. The zero-order valence-electron chi connectivity index (χ0n) is 9.81. The molecule has 0 aliphatic rings. The molecule has 1 atom stereocenters. The number of halogens is 1. The molecular weight excluding hydrogens is 189 g/mol. The Morgan fingerprint density at radius 1 is 1.27 bits per heavy atom. The summed E-state index contributed by atoms with van der Waals surface area (Å²) >= 11 is 0. The first-order valence-electron chi connectivity index (χ1n) is 5.52. The maximum Gasteiger partial charge on any atom is 0.126 e. The number of rotatable bonds is 4. The molecule has 0 saturated heterocycles. The third kappa shape index (κ3) is 3.63. The fourth-order valence-electron chi connectivity index (χ4n) is 1.65. The molecule has 15 heavy (non-hydrogen) atoms. The van der Waals surface area contributed by atoms with Crippen molar-refractivity contribution in [2.75, 3.05) is 0 Å². The fourth-order valence-corrected chi connectivity index (χ4v) is 1.65. The van der Waals surface area contributed by atoms with Crippen molar-refractivity contribution in [2.24, 2.45) is 5.73 Å². The largest absolute Gasteiger partial charge is 0.328 e. The van der Waals surface area contributed by atoms with Gasteiger partial charge in [0.05, 0.1) is 0 Å². The van der Waals surface area contributed by atoms with Gasteiger partial charge < -0.3 is 5.73 Å². The number of aryl methyl sites for hydroxylation is 3. The Balaban J connectivity index is 2.65. The van der Waals surface area contributed by atoms with Crippen molar-refractivity contribution in [3.8, 4) is 0 Å². The maximum absolute atomic E-state index is 13.5. The van der Waals surface area contributed by atoms with Gasteiger partial charge in [0.15, 0.2) is 0 Å². The summed E-state index contributed by atoms with van der Waals surface area (Å²) < 4.78 is 13.5. The molecule has 0 spiro atoms. The molecule has 1 aromatic carbocycles. The Hall–Kier alpha value is -0.890. The van der Waals surface area contributed by atoms with Gasteiger partial charge in [0.25, 0.3) is 0 Å². The van der Waals surface area contributed by atoms with E-state index in [0.29, 0.717) is 0 Å². The summed E-state index contributed by atoms with van der Waals surface area (Å²) in [5, 5.41) is 0. The van der Waals surface area contributed by atoms with E-state index in [1.54, 1.807) is 6.07 Å². The normalized spacial score (nSPS) is 12.9. The standard InChI is InChI=1S/C13H20FN/c1-9-7-12(6-4-5-11(3)15)13(14)8-10(9)2/h7-8,11H,4-6,15H2,1-3H3. The van der Waals surface area contributed by atoms with Gasteiger partial charge in [-0.05, 0) is 62.8 Å². The topological polar surface area (TPSA) is 26.0 Å². The van der Waals surface area contributed by atoms with Crippen molar-refractivity contribution in [1.82, 2.24) is 0 Å². The molecule has 1 nitrogen and oxygen atoms in total. The van der Waals surface area contributed by atoms with Gasteiger partial charge >= 0.3 is 0 Å². The van der Waals surface area contributed by atoms with Crippen LogP contribution in [0.1, 0.15) is 36.5 Å². The summed E-state index contributed by atoms with van der Waals surface area (Å²) in [5.41, 5.74) is 8.65. The highest BCUT2D eigenvalue weighted by Crippen LogP contribution is 2.16. The predicted molar refractivity (Wildman–Crippen MR) is 62.5 cm³/mol. The monoisotopic (exact) mass is 209 g/mol. The minimum absolute atomic E-state index is 0.0808. The molecule has 0 aliphatic heterocycles. The second-order valence-electron chi connectivity index (χ2n) is 4.40. The first kappa shape index (κ1) is 12.2. The van der Waals surface area contributed by atoms with E-state index in [1.807, 2.05) is 26.8 Å². The lowest BCUT2D eigenvalue weighted by molar-refractivity contribution is 0.581. The van der Waals surface area contributed by atoms with Gasteiger partial charge in [0.2, 0.25) is 0 Å². The van der Waals surface area contributed by atoms with Crippen molar-refractivity contribution < 1.29 is 4.39 Å². The molecule has 0 aliphatic carbocycles. The van der Waals surface area contributed by atoms with Crippen molar-refractivity contribution in [2.45, 2.75) is 46.1 Å². The SMILES string of the molecule is Cc1cc(F)c(CCCC(C)N)cc1C. The third-order valence-electron chi connectivity index (χ3n) is 2.77. The van der Waals surface area contributed by atoms with Crippen molar-refractivity contribution >= 4 is 0 Å². The Morgan fingerprint density at radius 2 is 1.87 bits per heavy atom. The molecule has 0 heterocycles. The average molecular weight is 209 g/mol. The van der Waals surface area contributed by atoms with Gasteiger partial charge in [-0.3, -0.25) is 0 Å². The van der Waals surface area contributed by atoms with Gasteiger partial charge in [-0.25, -0.2) is 4.39 Å². The second kappa shape index (κ2) is 5.26. The number of hydrogen-bond acceptors (Lipinski definition) is 1. The van der Waals surface area contributed by atoms with Crippen LogP contribution in [-0.2, 0) is 6.42 Å². The van der Waals surface area contributed by atoms with Gasteiger partial charge in [0.1, 0.15) is 5.82 Å². The molecule has 1 rings (SSSR count). The molecule has 1 unspecified atom stereocenters. The summed E-state index contributed by atoms with van der Waals surface area (Å²) in [6, 6.07) is 3.78. The lowest BCUT2D eigenvalue weighted by Gasteiger charge is -2.08. The number of nitrogens with two attached hydrogens (primary N) is 1. The highest BCUT2D eigenvalue weighted by atomic mass is 19.1. The molecular formula is C13H20FN. The minimum Gasteiger partial charge on any atom is -0.328 e. The Labute approximate surface area is 91.5 Å². The molecule has 0 radical (unpaired) electrons. The van der Waals surface area contributed by atoms with E-state index in [4.69, 9.17) is 5.73 Å². The van der Waals surface area contributed by atoms with E-state index < -0.39 is 0 Å². The number of benzene rings is 1. The Morgan fingerprint density at radius 3 is 2.47 bits per heavy atom. The first-order chi connectivity index (χ1) is 7.00. The summed E-state index contributed by atoms with van der Waals surface area (Å²) in [4.78, 5) is 0. The summed E-state index contributed by atoms with van der Waals surface area (Å²) in [5.74, 6) is -0.0808. The molecule has 0 bridgehead atoms. The smallest absolute Gasteiger partial charge is 0.126 e. The zero-order valence-corrected chi connectivity index (χ0v) is 9.81. The van der Waals surface area contributed by atoms with Crippen LogP contribution in [0.5, 0.6) is 0 Å². The third-order valence-corrected chi connectivity index (χ3v) is 2.77. The van der Waals surface area contributed by atoms with Crippen LogP contribution in [0, 0.1) is 19.7 Å². The van der Waals surface area contributed by atoms with Crippen LogP contribution in [0.2, 0.25) is 0 Å². The first-order valence-corrected chi connectivity index (χ1v) is 5.52. The lowest BCUT2D eigenvalue weighted by Crippen LogP contribution is -2.14. The van der Waals surface area contributed by atoms with Gasteiger partial charge in [-0.15, -0.1) is 0 Å². The minimum atomic E-state index is -0.0808. The molecule has 1 aromatic rings. The molecule has 84 valence electrons. The molecule has 0 amide bonds. The van der Waals surface area contributed by atoms with E-state index in [9.17, 15) is 4.39 Å². The summed E-state index contributed by atoms with van der Waals surface area (Å²) in [7, 11) is 0. The lowest BCUT2D eigenvalue weighted by atomic mass is 10.0. The van der Waals surface area contributed by atoms with Crippen LogP contribution in [0.15, 0.2) is 12.1 Å². The highest BCUT2D eigenvalue weighted by Gasteiger charge is 2.05. The molecule has 0 aromatic heterocycles. The van der Waals surface area contributed by atoms with Gasteiger partial charge in [-0.1, -0.05) is 6.07 Å². The van der Waals surface area contributed by atoms with Crippen LogP contribution in [-0.4, -0.2) is 6.04 Å². The maximum atomic E-state index is 13.5. The number of hydrogen-bond donors (Lipinski definition) is 1. The van der Waals surface area contributed by atoms with Crippen LogP contribution < -0.4 is 5.73 Å². The van der Waals surface area contributed by atoms with Gasteiger partial charge in [-0.2, -0.15) is 0 Å². The van der Waals surface area contributed by atoms with Crippen LogP contribution in [0.3, 0.4) is 0 Å². The summed E-state index contributed by atoms with van der Waals surface area (Å²) in [6.45, 7) is 5.94. The second-order valence-corrected chi connectivity index (χ2v) is 4.40. The van der Waals surface area contributed by atoms with Gasteiger partial charge in [0, 0.05) is 6.04 Å². The fraction of sp³-hybridized carbons (Fsp3) is 0.538. The zero-order chi connectivity index (χ0) is 11.4. The Bertz CT molecular complexity index is 332. The Kier molecular flexibility index (Phi) is 4.28. The van der Waals surface area contributed by atoms with Crippen LogP contribution in [0.4, 0.5) is 4.39 Å². The summed E-state index contributed by atoms with van der Waals surface area (Å²) in [6.07, 6.45) is 2.69. The van der Waals surface area contributed by atoms with E-state index in [0.717, 1.165) is 36.0 Å². The quantitative estimate of drug-likeness (QED) is 0.810. The van der Waals surface area contributed by atoms with Crippen molar-refractivity contribution in [1.29, 1.82) is 0 Å².